The normalized spacial score (nSPS) is 10.5. The Labute approximate surface area is 111 Å². The van der Waals surface area contributed by atoms with Crippen molar-refractivity contribution in [3.8, 4) is 0 Å². The summed E-state index contributed by atoms with van der Waals surface area (Å²) >= 11 is 0. The van der Waals surface area contributed by atoms with Crippen LogP contribution in [0.4, 0.5) is 4.79 Å². The molecule has 106 valence electrons. The number of nitrogens with zero attached hydrogens (tertiary/aromatic N) is 1. The predicted octanol–water partition coefficient (Wildman–Crippen LogP) is 0.729. The molecule has 0 saturated heterocycles. The lowest BCUT2D eigenvalue weighted by Gasteiger charge is -2.10. The molecule has 0 unspecified atom stereocenters. The van der Waals surface area contributed by atoms with Gasteiger partial charge in [0.15, 0.2) is 0 Å². The van der Waals surface area contributed by atoms with Crippen molar-refractivity contribution in [3.05, 3.63) is 23.7 Å². The fourth-order valence-electron chi connectivity index (χ4n) is 1.41. The highest BCUT2D eigenvalue weighted by Crippen LogP contribution is 2.07. The molecule has 1 heterocycles. The van der Waals surface area contributed by atoms with E-state index in [0.29, 0.717) is 12.3 Å². The molecule has 0 spiro atoms. The molecule has 2 amide bonds. The van der Waals surface area contributed by atoms with Crippen molar-refractivity contribution in [2.24, 2.45) is 0 Å². The molecule has 0 bridgehead atoms. The molecule has 0 aliphatic carbocycles. The topological polar surface area (TPSA) is 94.8 Å². The first kappa shape index (κ1) is 15.0. The number of urea groups is 1. The maximum Gasteiger partial charge on any atom is 0.371 e. The molecule has 0 radical (unpaired) electrons. The SMILES string of the molecule is CN(C)CCCNC(=O)NCc1ccc(C(=O)O)o1. The molecule has 0 aromatic carbocycles. The number of nitrogens with one attached hydrogen (secondary N) is 2. The molecule has 19 heavy (non-hydrogen) atoms. The highest BCUT2D eigenvalue weighted by molar-refractivity contribution is 5.84. The average Bonchev–Trinajstić information content (AvgIpc) is 2.81. The Hall–Kier alpha value is -2.02. The number of aromatic carboxylic acids is 1. The summed E-state index contributed by atoms with van der Waals surface area (Å²) in [6, 6.07) is 2.58. The lowest BCUT2D eigenvalue weighted by atomic mass is 10.4. The summed E-state index contributed by atoms with van der Waals surface area (Å²) in [6.07, 6.45) is 0.865. The van der Waals surface area contributed by atoms with E-state index in [9.17, 15) is 9.59 Å². The van der Waals surface area contributed by atoms with E-state index in [1.165, 1.54) is 12.1 Å². The van der Waals surface area contributed by atoms with Crippen LogP contribution in [-0.4, -0.2) is 49.2 Å². The van der Waals surface area contributed by atoms with Gasteiger partial charge in [0.25, 0.3) is 0 Å². The molecule has 0 fully saturated rings. The van der Waals surface area contributed by atoms with Crippen LogP contribution >= 0.6 is 0 Å². The van der Waals surface area contributed by atoms with E-state index >= 15 is 0 Å². The average molecular weight is 269 g/mol. The van der Waals surface area contributed by atoms with Crippen LogP contribution in [0.1, 0.15) is 22.7 Å². The Kier molecular flexibility index (Phi) is 5.87. The zero-order valence-corrected chi connectivity index (χ0v) is 11.1. The second-order valence-electron chi connectivity index (χ2n) is 4.34. The van der Waals surface area contributed by atoms with E-state index in [1.54, 1.807) is 0 Å². The third-order valence-electron chi connectivity index (χ3n) is 2.36. The van der Waals surface area contributed by atoms with Crippen molar-refractivity contribution in [1.29, 1.82) is 0 Å². The number of furan rings is 1. The summed E-state index contributed by atoms with van der Waals surface area (Å²) in [5.41, 5.74) is 0. The molecule has 0 aliphatic heterocycles. The van der Waals surface area contributed by atoms with E-state index < -0.39 is 5.97 Å². The smallest absolute Gasteiger partial charge is 0.371 e. The number of carbonyl (C=O) groups excluding carboxylic acids is 1. The van der Waals surface area contributed by atoms with Gasteiger partial charge in [0.05, 0.1) is 6.54 Å². The molecular weight excluding hydrogens is 250 g/mol. The first-order valence-corrected chi connectivity index (χ1v) is 5.97. The minimum Gasteiger partial charge on any atom is -0.475 e. The highest BCUT2D eigenvalue weighted by Gasteiger charge is 2.09. The number of hydrogen-bond donors (Lipinski definition) is 3. The van der Waals surface area contributed by atoms with Crippen LogP contribution in [-0.2, 0) is 6.54 Å². The molecule has 0 saturated carbocycles. The summed E-state index contributed by atoms with van der Waals surface area (Å²) in [5.74, 6) is -0.858. The maximum atomic E-state index is 11.4. The number of carboxylic acid groups (broad SMARTS) is 1. The zero-order valence-electron chi connectivity index (χ0n) is 11.1. The van der Waals surface area contributed by atoms with Crippen LogP contribution in [0.3, 0.4) is 0 Å². The lowest BCUT2D eigenvalue weighted by Crippen LogP contribution is -2.36. The van der Waals surface area contributed by atoms with Gasteiger partial charge >= 0.3 is 12.0 Å². The Balaban J connectivity index is 2.20. The summed E-state index contributed by atoms with van der Waals surface area (Å²) in [6.45, 7) is 1.65. The van der Waals surface area contributed by atoms with Gasteiger partial charge in [-0.3, -0.25) is 0 Å². The third-order valence-corrected chi connectivity index (χ3v) is 2.36. The maximum absolute atomic E-state index is 11.4. The van der Waals surface area contributed by atoms with Crippen molar-refractivity contribution in [3.63, 3.8) is 0 Å². The third kappa shape index (κ3) is 5.91. The Morgan fingerprint density at radius 1 is 1.32 bits per heavy atom. The minimum absolute atomic E-state index is 0.136. The number of amides is 2. The van der Waals surface area contributed by atoms with E-state index in [-0.39, 0.29) is 18.3 Å². The first-order valence-electron chi connectivity index (χ1n) is 5.97. The Bertz CT molecular complexity index is 428. The predicted molar refractivity (Wildman–Crippen MR) is 69.1 cm³/mol. The van der Waals surface area contributed by atoms with E-state index in [0.717, 1.165) is 13.0 Å². The van der Waals surface area contributed by atoms with Gasteiger partial charge in [-0.1, -0.05) is 0 Å². The molecule has 3 N–H and O–H groups in total. The summed E-state index contributed by atoms with van der Waals surface area (Å²) in [4.78, 5) is 24.0. The Morgan fingerprint density at radius 2 is 2.05 bits per heavy atom. The second-order valence-corrected chi connectivity index (χ2v) is 4.34. The summed E-state index contributed by atoms with van der Waals surface area (Å²) in [7, 11) is 3.94. The van der Waals surface area contributed by atoms with Gasteiger partial charge in [-0.25, -0.2) is 9.59 Å². The van der Waals surface area contributed by atoms with Crippen LogP contribution in [0.15, 0.2) is 16.5 Å². The molecule has 0 atom stereocenters. The Morgan fingerprint density at radius 3 is 2.63 bits per heavy atom. The van der Waals surface area contributed by atoms with Crippen molar-refractivity contribution >= 4 is 12.0 Å². The standard InChI is InChI=1S/C12H19N3O4/c1-15(2)7-3-6-13-12(18)14-8-9-4-5-10(19-9)11(16)17/h4-5H,3,6-8H2,1-2H3,(H,16,17)(H2,13,14,18). The van der Waals surface area contributed by atoms with Gasteiger partial charge in [0, 0.05) is 6.54 Å². The second kappa shape index (κ2) is 7.42. The highest BCUT2D eigenvalue weighted by atomic mass is 16.4. The quantitative estimate of drug-likeness (QED) is 0.634. The first-order chi connectivity index (χ1) is 8.99. The van der Waals surface area contributed by atoms with Crippen molar-refractivity contribution in [1.82, 2.24) is 15.5 Å². The molecule has 0 aliphatic rings. The van der Waals surface area contributed by atoms with E-state index in [2.05, 4.69) is 10.6 Å². The van der Waals surface area contributed by atoms with Crippen LogP contribution in [0, 0.1) is 0 Å². The summed E-state index contributed by atoms with van der Waals surface area (Å²) in [5, 5.41) is 14.0. The molecular formula is C12H19N3O4. The molecule has 1 rings (SSSR count). The molecule has 7 heteroatoms. The van der Waals surface area contributed by atoms with Crippen LogP contribution in [0.25, 0.3) is 0 Å². The zero-order chi connectivity index (χ0) is 14.3. The van der Waals surface area contributed by atoms with Crippen LogP contribution in [0.2, 0.25) is 0 Å². The molecule has 7 nitrogen and oxygen atoms in total. The van der Waals surface area contributed by atoms with E-state index in [1.807, 2.05) is 19.0 Å². The fraction of sp³-hybridized carbons (Fsp3) is 0.500. The number of rotatable bonds is 7. The molecule has 1 aromatic rings. The van der Waals surface area contributed by atoms with Crippen molar-refractivity contribution in [2.45, 2.75) is 13.0 Å². The minimum atomic E-state index is -1.13. The van der Waals surface area contributed by atoms with Crippen LogP contribution in [0.5, 0.6) is 0 Å². The molecule has 1 aromatic heterocycles. The van der Waals surface area contributed by atoms with Gasteiger partial charge in [-0.05, 0) is 39.2 Å². The van der Waals surface area contributed by atoms with Gasteiger partial charge in [-0.15, -0.1) is 0 Å². The van der Waals surface area contributed by atoms with Gasteiger partial charge in [0.1, 0.15) is 5.76 Å². The largest absolute Gasteiger partial charge is 0.475 e. The number of carboxylic acids is 1. The summed E-state index contributed by atoms with van der Waals surface area (Å²) < 4.78 is 5.00. The lowest BCUT2D eigenvalue weighted by molar-refractivity contribution is 0.0660. The van der Waals surface area contributed by atoms with Crippen LogP contribution < -0.4 is 10.6 Å². The van der Waals surface area contributed by atoms with Crippen molar-refractivity contribution in [2.75, 3.05) is 27.2 Å². The number of carbonyl (C=O) groups is 2. The number of hydrogen-bond acceptors (Lipinski definition) is 4. The monoisotopic (exact) mass is 269 g/mol. The van der Waals surface area contributed by atoms with Gasteiger partial charge < -0.3 is 25.1 Å². The van der Waals surface area contributed by atoms with Crippen molar-refractivity contribution < 1.29 is 19.1 Å². The van der Waals surface area contributed by atoms with E-state index in [4.69, 9.17) is 9.52 Å². The fourth-order valence-corrected chi connectivity index (χ4v) is 1.41. The van der Waals surface area contributed by atoms with Gasteiger partial charge in [0.2, 0.25) is 5.76 Å². The van der Waals surface area contributed by atoms with Gasteiger partial charge in [-0.2, -0.15) is 0 Å².